The molecule has 4 heteroatoms. The molecule has 3 fully saturated rings. The molecular formula is C19H21NO3. The van der Waals surface area contributed by atoms with E-state index >= 15 is 0 Å². The molecule has 0 radical (unpaired) electrons. The highest BCUT2D eigenvalue weighted by Crippen LogP contribution is 2.65. The zero-order chi connectivity index (χ0) is 15.6. The van der Waals surface area contributed by atoms with Gasteiger partial charge >= 0.3 is 0 Å². The van der Waals surface area contributed by atoms with Gasteiger partial charge in [-0.15, -0.1) is 0 Å². The molecule has 1 spiro atoms. The second-order valence-electron chi connectivity index (χ2n) is 7.71. The first-order chi connectivity index (χ1) is 11.2. The van der Waals surface area contributed by atoms with Gasteiger partial charge in [0.1, 0.15) is 11.4 Å². The number of rotatable bonds is 3. The molecule has 0 aromatic heterocycles. The zero-order valence-corrected chi connectivity index (χ0v) is 13.1. The van der Waals surface area contributed by atoms with Gasteiger partial charge in [-0.1, -0.05) is 12.1 Å². The summed E-state index contributed by atoms with van der Waals surface area (Å²) in [7, 11) is 0. The Balaban J connectivity index is 1.36. The summed E-state index contributed by atoms with van der Waals surface area (Å²) in [6, 6.07) is 7.50. The topological polar surface area (TPSA) is 55.4 Å². The molecule has 23 heavy (non-hydrogen) atoms. The summed E-state index contributed by atoms with van der Waals surface area (Å²) in [5.41, 5.74) is 0.259. The molecule has 1 aromatic rings. The van der Waals surface area contributed by atoms with Crippen molar-refractivity contribution in [3.05, 3.63) is 29.8 Å². The number of fused-ring (bicyclic) bond motifs is 3. The number of amides is 1. The Labute approximate surface area is 135 Å². The lowest BCUT2D eigenvalue weighted by molar-refractivity contribution is -0.124. The van der Waals surface area contributed by atoms with Crippen LogP contribution in [-0.2, 0) is 4.79 Å². The van der Waals surface area contributed by atoms with E-state index in [-0.39, 0.29) is 23.5 Å². The van der Waals surface area contributed by atoms with Crippen LogP contribution < -0.4 is 10.1 Å². The van der Waals surface area contributed by atoms with Gasteiger partial charge < -0.3 is 10.1 Å². The molecule has 120 valence electrons. The Kier molecular flexibility index (Phi) is 2.71. The van der Waals surface area contributed by atoms with Crippen LogP contribution in [0.25, 0.3) is 0 Å². The highest BCUT2D eigenvalue weighted by Gasteiger charge is 2.70. The van der Waals surface area contributed by atoms with E-state index in [0.717, 1.165) is 19.4 Å². The predicted octanol–water partition coefficient (Wildman–Crippen LogP) is 2.57. The van der Waals surface area contributed by atoms with Crippen LogP contribution in [0, 0.1) is 23.7 Å². The van der Waals surface area contributed by atoms with Crippen LogP contribution in [0.2, 0.25) is 0 Å². The Morgan fingerprint density at radius 3 is 2.91 bits per heavy atom. The summed E-state index contributed by atoms with van der Waals surface area (Å²) in [5, 5.41) is 3.11. The van der Waals surface area contributed by atoms with Crippen LogP contribution in [-0.4, -0.2) is 23.8 Å². The van der Waals surface area contributed by atoms with Crippen molar-refractivity contribution in [1.82, 2.24) is 5.32 Å². The van der Waals surface area contributed by atoms with E-state index in [1.807, 2.05) is 24.3 Å². The normalized spacial score (nSPS) is 37.0. The molecule has 1 aliphatic heterocycles. The molecule has 3 aliphatic carbocycles. The second kappa shape index (κ2) is 4.59. The van der Waals surface area contributed by atoms with Crippen LogP contribution >= 0.6 is 0 Å². The van der Waals surface area contributed by atoms with Crippen LogP contribution in [0.4, 0.5) is 0 Å². The number of Topliss-reactive ketones (excluding diaryl/α,β-unsaturated/α-hetero) is 1. The number of hydrogen-bond acceptors (Lipinski definition) is 3. The number of hydrogen-bond donors (Lipinski definition) is 1. The highest BCUT2D eigenvalue weighted by molar-refractivity contribution is 6.00. The van der Waals surface area contributed by atoms with Crippen molar-refractivity contribution >= 4 is 11.7 Å². The molecule has 1 N–H and O–H groups in total. The number of ether oxygens (including phenoxy) is 1. The minimum atomic E-state index is -0.433. The third kappa shape index (κ3) is 2.03. The van der Waals surface area contributed by atoms with Gasteiger partial charge in [-0.25, -0.2) is 0 Å². The van der Waals surface area contributed by atoms with Crippen molar-refractivity contribution < 1.29 is 14.3 Å². The van der Waals surface area contributed by atoms with Crippen LogP contribution in [0.15, 0.2) is 24.3 Å². The number of ketones is 1. The fourth-order valence-corrected chi connectivity index (χ4v) is 4.80. The first-order valence-electron chi connectivity index (χ1n) is 8.77. The van der Waals surface area contributed by atoms with Gasteiger partial charge in [-0.3, -0.25) is 9.59 Å². The number of carbonyl (C=O) groups is 2. The summed E-state index contributed by atoms with van der Waals surface area (Å²) in [4.78, 5) is 25.0. The van der Waals surface area contributed by atoms with Crippen molar-refractivity contribution in [2.45, 2.75) is 37.7 Å². The number of carbonyl (C=O) groups excluding carboxylic acids is 2. The lowest BCUT2D eigenvalue weighted by Gasteiger charge is -2.37. The maximum absolute atomic E-state index is 12.5. The Morgan fingerprint density at radius 2 is 2.09 bits per heavy atom. The third-order valence-corrected chi connectivity index (χ3v) is 6.20. The van der Waals surface area contributed by atoms with E-state index in [1.54, 1.807) is 0 Å². The lowest BCUT2D eigenvalue weighted by atomic mass is 9.84. The maximum Gasteiger partial charge on any atom is 0.223 e. The average molecular weight is 311 g/mol. The molecule has 4 unspecified atom stereocenters. The predicted molar refractivity (Wildman–Crippen MR) is 84.2 cm³/mol. The van der Waals surface area contributed by atoms with Gasteiger partial charge in [-0.2, -0.15) is 0 Å². The van der Waals surface area contributed by atoms with E-state index in [4.69, 9.17) is 4.74 Å². The molecule has 4 nitrogen and oxygen atoms in total. The van der Waals surface area contributed by atoms with Crippen LogP contribution in [0.3, 0.4) is 0 Å². The SMILES string of the molecule is O=C1CC2(CCC3C(C(=O)NCC4CC4)C32)Oc2ccccc21. The summed E-state index contributed by atoms with van der Waals surface area (Å²) < 4.78 is 6.32. The molecular weight excluding hydrogens is 290 g/mol. The minimum Gasteiger partial charge on any atom is -0.486 e. The average Bonchev–Trinajstić information content (AvgIpc) is 3.45. The summed E-state index contributed by atoms with van der Waals surface area (Å²) in [6.07, 6.45) is 4.82. The fraction of sp³-hybridized carbons (Fsp3) is 0.579. The van der Waals surface area contributed by atoms with E-state index in [2.05, 4.69) is 5.32 Å². The van der Waals surface area contributed by atoms with Crippen LogP contribution in [0.1, 0.15) is 42.5 Å². The second-order valence-corrected chi connectivity index (χ2v) is 7.71. The monoisotopic (exact) mass is 311 g/mol. The van der Waals surface area contributed by atoms with E-state index in [0.29, 0.717) is 29.6 Å². The summed E-state index contributed by atoms with van der Waals surface area (Å²) >= 11 is 0. The van der Waals surface area contributed by atoms with Gasteiger partial charge in [0, 0.05) is 18.4 Å². The summed E-state index contributed by atoms with van der Waals surface area (Å²) in [5.74, 6) is 2.43. The van der Waals surface area contributed by atoms with Gasteiger partial charge in [0.2, 0.25) is 5.91 Å². The molecule has 5 rings (SSSR count). The molecule has 0 bridgehead atoms. The molecule has 1 aromatic carbocycles. The largest absolute Gasteiger partial charge is 0.486 e. The molecule has 3 saturated carbocycles. The first kappa shape index (κ1) is 13.6. The third-order valence-electron chi connectivity index (χ3n) is 6.20. The van der Waals surface area contributed by atoms with Gasteiger partial charge in [0.25, 0.3) is 0 Å². The van der Waals surface area contributed by atoms with Gasteiger partial charge in [0.05, 0.1) is 12.0 Å². The standard InChI is InChI=1S/C19H21NO3/c21-14-9-19(23-15-4-2-1-3-12(14)15)8-7-13-16(17(13)19)18(22)20-10-11-5-6-11/h1-4,11,13,16-17H,5-10H2,(H,20,22). The summed E-state index contributed by atoms with van der Waals surface area (Å²) in [6.45, 7) is 0.824. The van der Waals surface area contributed by atoms with Crippen molar-refractivity contribution in [3.8, 4) is 5.75 Å². The smallest absolute Gasteiger partial charge is 0.223 e. The van der Waals surface area contributed by atoms with Crippen LogP contribution in [0.5, 0.6) is 5.75 Å². The first-order valence-corrected chi connectivity index (χ1v) is 8.77. The quantitative estimate of drug-likeness (QED) is 0.933. The van der Waals surface area contributed by atoms with Gasteiger partial charge in [-0.05, 0) is 49.7 Å². The van der Waals surface area contributed by atoms with Gasteiger partial charge in [0.15, 0.2) is 5.78 Å². The highest BCUT2D eigenvalue weighted by atomic mass is 16.5. The molecule has 1 amide bonds. The van der Waals surface area contributed by atoms with E-state index in [1.165, 1.54) is 12.8 Å². The van der Waals surface area contributed by atoms with E-state index < -0.39 is 5.60 Å². The van der Waals surface area contributed by atoms with E-state index in [9.17, 15) is 9.59 Å². The molecule has 1 heterocycles. The Hall–Kier alpha value is -1.84. The maximum atomic E-state index is 12.5. The number of nitrogens with one attached hydrogen (secondary N) is 1. The van der Waals surface area contributed by atoms with Crippen molar-refractivity contribution in [3.63, 3.8) is 0 Å². The molecule has 4 atom stereocenters. The lowest BCUT2D eigenvalue weighted by Crippen LogP contribution is -2.44. The molecule has 4 aliphatic rings. The molecule has 0 saturated heterocycles. The zero-order valence-electron chi connectivity index (χ0n) is 13.1. The Bertz CT molecular complexity index is 696. The number of para-hydroxylation sites is 1. The minimum absolute atomic E-state index is 0.0561. The van der Waals surface area contributed by atoms with Crippen molar-refractivity contribution in [2.75, 3.05) is 6.54 Å². The fourth-order valence-electron chi connectivity index (χ4n) is 4.80. The van der Waals surface area contributed by atoms with Crippen molar-refractivity contribution in [1.29, 1.82) is 0 Å². The van der Waals surface area contributed by atoms with Crippen molar-refractivity contribution in [2.24, 2.45) is 23.7 Å². The Morgan fingerprint density at radius 1 is 1.26 bits per heavy atom. The number of benzene rings is 1.